The first-order valence-corrected chi connectivity index (χ1v) is 14.6. The summed E-state index contributed by atoms with van der Waals surface area (Å²) in [5, 5.41) is 0.939. The number of esters is 1. The van der Waals surface area contributed by atoms with Crippen LogP contribution in [0.15, 0.2) is 42.6 Å². The number of fused-ring (bicyclic) bond motifs is 1. The van der Waals surface area contributed by atoms with Crippen LogP contribution in [0.2, 0.25) is 0 Å². The number of aryl methyl sites for hydroxylation is 1. The first-order valence-electron chi connectivity index (χ1n) is 14.6. The summed E-state index contributed by atoms with van der Waals surface area (Å²) in [5.41, 5.74) is 3.67. The van der Waals surface area contributed by atoms with Gasteiger partial charge in [-0.25, -0.2) is 9.59 Å². The molecule has 9 heteroatoms. The number of carbonyl (C=O) groups excluding carboxylic acids is 3. The zero-order valence-electron chi connectivity index (χ0n) is 25.4. The molecule has 1 aromatic heterocycles. The van der Waals surface area contributed by atoms with Crippen LogP contribution >= 0.6 is 0 Å². The summed E-state index contributed by atoms with van der Waals surface area (Å²) >= 11 is 0. The van der Waals surface area contributed by atoms with Crippen LogP contribution in [0.3, 0.4) is 0 Å². The molecule has 224 valence electrons. The average molecular weight is 576 g/mol. The van der Waals surface area contributed by atoms with Crippen molar-refractivity contribution in [1.82, 2.24) is 14.4 Å². The van der Waals surface area contributed by atoms with Crippen molar-refractivity contribution < 1.29 is 28.6 Å². The molecule has 2 saturated heterocycles. The molecule has 3 aromatic rings. The van der Waals surface area contributed by atoms with Crippen LogP contribution in [0.25, 0.3) is 10.9 Å². The molecular formula is C33H41N3O6. The molecule has 0 radical (unpaired) electrons. The largest absolute Gasteiger partial charge is 0.496 e. The van der Waals surface area contributed by atoms with E-state index in [0.29, 0.717) is 18.5 Å². The fourth-order valence-electron chi connectivity index (χ4n) is 6.40. The zero-order valence-corrected chi connectivity index (χ0v) is 25.4. The molecule has 0 bridgehead atoms. The SMILES string of the molecule is COC(=O)c1ccc([C@H]2C[C@H](N3CCCC3=O)CCN2Cc2c(OC)cc(C)c3c2ccn3C(=O)OC(C)(C)C)cc1. The van der Waals surface area contributed by atoms with Crippen molar-refractivity contribution in [3.05, 3.63) is 64.8 Å². The standard InChI is InChI=1S/C33H41N3O6/c1-21-18-28(40-5)26(25-14-17-36(30(21)25)32(39)42-33(2,3)4)20-34-16-13-24(35-15-7-8-29(35)37)19-27(34)22-9-11-23(12-10-22)31(38)41-6/h9-12,14,17-18,24,27H,7-8,13,15-16,19-20H2,1-6H3/t24-,27-/m1/s1. The van der Waals surface area contributed by atoms with Gasteiger partial charge in [-0.2, -0.15) is 0 Å². The minimum absolute atomic E-state index is 0.0119. The Morgan fingerprint density at radius 3 is 2.40 bits per heavy atom. The van der Waals surface area contributed by atoms with Crippen LogP contribution < -0.4 is 4.74 Å². The fourth-order valence-corrected chi connectivity index (χ4v) is 6.40. The summed E-state index contributed by atoms with van der Waals surface area (Å²) in [5.74, 6) is 0.626. The van der Waals surface area contributed by atoms with E-state index in [0.717, 1.165) is 65.7 Å². The van der Waals surface area contributed by atoms with Gasteiger partial charge >= 0.3 is 12.1 Å². The Labute approximate surface area is 247 Å². The van der Waals surface area contributed by atoms with Crippen molar-refractivity contribution in [1.29, 1.82) is 0 Å². The predicted octanol–water partition coefficient (Wildman–Crippen LogP) is 5.86. The second-order valence-electron chi connectivity index (χ2n) is 12.3. The minimum Gasteiger partial charge on any atom is -0.496 e. The predicted molar refractivity (Wildman–Crippen MR) is 160 cm³/mol. The van der Waals surface area contributed by atoms with Crippen LogP contribution in [-0.2, 0) is 20.8 Å². The molecule has 2 aliphatic rings. The molecule has 2 aromatic carbocycles. The lowest BCUT2D eigenvalue weighted by molar-refractivity contribution is -0.131. The molecule has 2 aliphatic heterocycles. The number of rotatable bonds is 6. The Morgan fingerprint density at radius 2 is 1.79 bits per heavy atom. The maximum atomic E-state index is 13.1. The third-order valence-electron chi connectivity index (χ3n) is 8.35. The molecule has 9 nitrogen and oxygen atoms in total. The van der Waals surface area contributed by atoms with Gasteiger partial charge in [0.2, 0.25) is 5.91 Å². The quantitative estimate of drug-likeness (QED) is 0.340. The van der Waals surface area contributed by atoms with Gasteiger partial charge in [-0.1, -0.05) is 12.1 Å². The topological polar surface area (TPSA) is 90.3 Å². The van der Waals surface area contributed by atoms with E-state index in [-0.39, 0.29) is 24.0 Å². The summed E-state index contributed by atoms with van der Waals surface area (Å²) in [6.45, 7) is 9.71. The third kappa shape index (κ3) is 5.88. The molecule has 0 unspecified atom stereocenters. The van der Waals surface area contributed by atoms with Crippen LogP contribution in [-0.4, -0.2) is 71.3 Å². The Hall–Kier alpha value is -3.85. The number of ether oxygens (including phenoxy) is 3. The summed E-state index contributed by atoms with van der Waals surface area (Å²) < 4.78 is 18.0. The van der Waals surface area contributed by atoms with Crippen molar-refractivity contribution in [2.75, 3.05) is 27.3 Å². The Bertz CT molecular complexity index is 1490. The van der Waals surface area contributed by atoms with Crippen molar-refractivity contribution in [3.8, 4) is 5.75 Å². The summed E-state index contributed by atoms with van der Waals surface area (Å²) in [6, 6.07) is 11.7. The molecule has 1 amide bonds. The first-order chi connectivity index (χ1) is 20.0. The lowest BCUT2D eigenvalue weighted by atomic mass is 9.89. The molecule has 2 fully saturated rings. The third-order valence-corrected chi connectivity index (χ3v) is 8.35. The molecule has 42 heavy (non-hydrogen) atoms. The number of piperidine rings is 1. The van der Waals surface area contributed by atoms with Gasteiger partial charge in [0.1, 0.15) is 11.4 Å². The summed E-state index contributed by atoms with van der Waals surface area (Å²) in [4.78, 5) is 42.3. The maximum Gasteiger partial charge on any atom is 0.419 e. The van der Waals surface area contributed by atoms with E-state index in [9.17, 15) is 14.4 Å². The van der Waals surface area contributed by atoms with E-state index in [1.54, 1.807) is 30.0 Å². The minimum atomic E-state index is -0.616. The normalized spacial score (nSPS) is 19.8. The lowest BCUT2D eigenvalue weighted by Gasteiger charge is -2.43. The van der Waals surface area contributed by atoms with Gasteiger partial charge in [-0.15, -0.1) is 0 Å². The smallest absolute Gasteiger partial charge is 0.419 e. The number of hydrogen-bond donors (Lipinski definition) is 0. The number of nitrogens with zero attached hydrogens (tertiary/aromatic N) is 3. The lowest BCUT2D eigenvalue weighted by Crippen LogP contribution is -2.46. The van der Waals surface area contributed by atoms with Gasteiger partial charge in [-0.05, 0) is 82.3 Å². The average Bonchev–Trinajstić information content (AvgIpc) is 3.60. The highest BCUT2D eigenvalue weighted by Crippen LogP contribution is 2.39. The number of aromatic nitrogens is 1. The highest BCUT2D eigenvalue weighted by atomic mass is 16.6. The second-order valence-corrected chi connectivity index (χ2v) is 12.3. The first kappa shape index (κ1) is 29.6. The molecule has 2 atom stereocenters. The maximum absolute atomic E-state index is 13.1. The Kier molecular flexibility index (Phi) is 8.32. The van der Waals surface area contributed by atoms with E-state index in [1.165, 1.54) is 7.11 Å². The van der Waals surface area contributed by atoms with Crippen molar-refractivity contribution in [3.63, 3.8) is 0 Å². The molecule has 0 saturated carbocycles. The monoisotopic (exact) mass is 575 g/mol. The zero-order chi connectivity index (χ0) is 30.2. The Morgan fingerprint density at radius 1 is 1.05 bits per heavy atom. The van der Waals surface area contributed by atoms with Crippen LogP contribution in [0, 0.1) is 6.92 Å². The summed E-state index contributed by atoms with van der Waals surface area (Å²) in [7, 11) is 3.05. The highest BCUT2D eigenvalue weighted by molar-refractivity contribution is 5.95. The van der Waals surface area contributed by atoms with Crippen LogP contribution in [0.5, 0.6) is 5.75 Å². The van der Waals surface area contributed by atoms with E-state index >= 15 is 0 Å². The second kappa shape index (κ2) is 11.8. The van der Waals surface area contributed by atoms with Crippen molar-refractivity contribution in [2.45, 2.75) is 77.6 Å². The summed E-state index contributed by atoms with van der Waals surface area (Å²) in [6.07, 6.45) is 4.54. The van der Waals surface area contributed by atoms with Gasteiger partial charge in [0.15, 0.2) is 0 Å². The number of hydrogen-bond acceptors (Lipinski definition) is 7. The molecule has 0 aliphatic carbocycles. The van der Waals surface area contributed by atoms with Gasteiger partial charge in [0.25, 0.3) is 0 Å². The highest BCUT2D eigenvalue weighted by Gasteiger charge is 2.37. The number of benzene rings is 2. The molecule has 5 rings (SSSR count). The number of amides is 1. The van der Waals surface area contributed by atoms with E-state index in [2.05, 4.69) is 9.80 Å². The molecule has 3 heterocycles. The molecular weight excluding hydrogens is 534 g/mol. The van der Waals surface area contributed by atoms with Gasteiger partial charge in [-0.3, -0.25) is 14.3 Å². The van der Waals surface area contributed by atoms with Crippen LogP contribution in [0.1, 0.15) is 79.5 Å². The van der Waals surface area contributed by atoms with E-state index < -0.39 is 11.7 Å². The van der Waals surface area contributed by atoms with E-state index in [4.69, 9.17) is 14.2 Å². The number of carbonyl (C=O) groups is 3. The molecule has 0 spiro atoms. The van der Waals surface area contributed by atoms with Crippen molar-refractivity contribution >= 4 is 28.9 Å². The number of likely N-dealkylation sites (tertiary alicyclic amines) is 2. The van der Waals surface area contributed by atoms with Crippen molar-refractivity contribution in [2.24, 2.45) is 0 Å². The Balaban J connectivity index is 1.52. The van der Waals surface area contributed by atoms with E-state index in [1.807, 2.05) is 52.0 Å². The van der Waals surface area contributed by atoms with Gasteiger partial charge in [0, 0.05) is 55.3 Å². The fraction of sp³-hybridized carbons (Fsp3) is 0.485. The molecule has 0 N–H and O–H groups in total. The van der Waals surface area contributed by atoms with Gasteiger partial charge in [0.05, 0.1) is 25.3 Å². The number of methoxy groups -OCH3 is 2. The van der Waals surface area contributed by atoms with Crippen LogP contribution in [0.4, 0.5) is 4.79 Å². The van der Waals surface area contributed by atoms with Gasteiger partial charge < -0.3 is 19.1 Å².